The van der Waals surface area contributed by atoms with Crippen molar-refractivity contribution in [3.8, 4) is 11.4 Å². The highest BCUT2D eigenvalue weighted by molar-refractivity contribution is 7.93. The molecule has 2 atom stereocenters. The van der Waals surface area contributed by atoms with E-state index in [2.05, 4.69) is 123 Å². The maximum Gasteiger partial charge on any atom is 0.181 e. The number of anilines is 1. The highest BCUT2D eigenvalue weighted by Gasteiger charge is 2.31. The van der Waals surface area contributed by atoms with Gasteiger partial charge >= 0.3 is 0 Å². The van der Waals surface area contributed by atoms with Crippen LogP contribution >= 0.6 is 6.89 Å². The van der Waals surface area contributed by atoms with Crippen molar-refractivity contribution in [2.75, 3.05) is 4.90 Å². The first-order valence-electron chi connectivity index (χ1n) is 14.9. The minimum absolute atomic E-state index is 0.0282. The summed E-state index contributed by atoms with van der Waals surface area (Å²) in [6, 6.07) is 25.7. The lowest BCUT2D eigenvalue weighted by atomic mass is 10.2. The van der Waals surface area contributed by atoms with E-state index in [0.717, 1.165) is 44.0 Å². The van der Waals surface area contributed by atoms with E-state index in [0.29, 0.717) is 11.3 Å². The van der Waals surface area contributed by atoms with Gasteiger partial charge in [-0.3, -0.25) is 9.13 Å². The monoisotopic (exact) mass is 632 g/mol. The van der Waals surface area contributed by atoms with Gasteiger partial charge in [0.2, 0.25) is 0 Å². The summed E-state index contributed by atoms with van der Waals surface area (Å²) in [6.45, 7) is -2.35. The third kappa shape index (κ3) is 4.41. The lowest BCUT2D eigenvalue weighted by molar-refractivity contribution is 0.693. The quantitative estimate of drug-likeness (QED) is 0.258. The topological polar surface area (TPSA) is 128 Å². The molecule has 6 heterocycles. The van der Waals surface area contributed by atoms with Gasteiger partial charge in [0.25, 0.3) is 0 Å². The lowest BCUT2D eigenvalue weighted by Gasteiger charge is -2.29. The molecule has 2 aliphatic rings. The minimum Gasteiger partial charge on any atom is -0.320 e. The van der Waals surface area contributed by atoms with E-state index in [4.69, 9.17) is 6.30 Å². The summed E-state index contributed by atoms with van der Waals surface area (Å²) in [5.74, 6) is 0. The Labute approximate surface area is 268 Å². The zero-order valence-electron chi connectivity index (χ0n) is 24.8. The van der Waals surface area contributed by atoms with Crippen molar-refractivity contribution >= 4 is 76.0 Å². The predicted molar refractivity (Wildman–Crippen MR) is 188 cm³/mol. The van der Waals surface area contributed by atoms with E-state index < -0.39 is 6.89 Å². The molecule has 13 heteroatoms. The number of nitrogens with zero attached hydrogens (tertiary/aromatic N) is 12. The van der Waals surface area contributed by atoms with Crippen LogP contribution in [0.15, 0.2) is 125 Å². The summed E-state index contributed by atoms with van der Waals surface area (Å²) >= 11 is 0. The molecule has 0 aliphatic carbocycles. The number of imidazole rings is 2. The SMILES string of the molecule is C=P(c1ccc(N2C=NC3N=CN=CC32)cc1)(c1ccc(-n2cnc3ncncc32)cc1)c1ccc(-n2cnc3ncncc32)cc1. The van der Waals surface area contributed by atoms with E-state index in [1.54, 1.807) is 31.4 Å². The third-order valence-corrected chi connectivity index (χ3v) is 12.2. The Morgan fingerprint density at radius 1 is 0.596 bits per heavy atom. The van der Waals surface area contributed by atoms with Gasteiger partial charge in [-0.2, -0.15) is 0 Å². The van der Waals surface area contributed by atoms with Crippen LogP contribution in [0.5, 0.6) is 0 Å². The Morgan fingerprint density at radius 3 is 1.64 bits per heavy atom. The average molecular weight is 633 g/mol. The van der Waals surface area contributed by atoms with Gasteiger partial charge in [-0.25, -0.2) is 44.9 Å². The molecule has 4 aromatic heterocycles. The maximum absolute atomic E-state index is 5.01. The minimum atomic E-state index is -2.35. The second kappa shape index (κ2) is 10.7. The smallest absolute Gasteiger partial charge is 0.181 e. The van der Waals surface area contributed by atoms with E-state index in [1.807, 2.05) is 21.7 Å². The molecule has 2 unspecified atom stereocenters. The van der Waals surface area contributed by atoms with Gasteiger partial charge < -0.3 is 4.90 Å². The second-order valence-electron chi connectivity index (χ2n) is 11.2. The van der Waals surface area contributed by atoms with E-state index >= 15 is 0 Å². The van der Waals surface area contributed by atoms with Gasteiger partial charge in [-0.05, 0) is 59.2 Å². The number of fused-ring (bicyclic) bond motifs is 3. The fraction of sp³-hybridized carbons (Fsp3) is 0.0588. The molecule has 47 heavy (non-hydrogen) atoms. The number of benzene rings is 3. The van der Waals surface area contributed by atoms with Gasteiger partial charge in [0.1, 0.15) is 48.7 Å². The van der Waals surface area contributed by atoms with Crippen LogP contribution in [0.2, 0.25) is 0 Å². The van der Waals surface area contributed by atoms with Crippen LogP contribution in [0, 0.1) is 0 Å². The van der Waals surface area contributed by atoms with Crippen molar-refractivity contribution in [3.05, 3.63) is 110 Å². The number of aromatic nitrogens is 8. The van der Waals surface area contributed by atoms with E-state index in [1.165, 1.54) is 12.7 Å². The molecule has 226 valence electrons. The fourth-order valence-corrected chi connectivity index (χ4v) is 9.06. The van der Waals surface area contributed by atoms with Gasteiger partial charge in [0, 0.05) is 23.3 Å². The number of hydrogen-bond acceptors (Lipinski definition) is 10. The molecule has 0 saturated carbocycles. The van der Waals surface area contributed by atoms with Crippen molar-refractivity contribution in [2.24, 2.45) is 15.0 Å². The largest absolute Gasteiger partial charge is 0.320 e. The summed E-state index contributed by atoms with van der Waals surface area (Å²) in [5.41, 5.74) is 5.97. The number of hydrogen-bond donors (Lipinski definition) is 0. The Kier molecular flexibility index (Phi) is 6.22. The normalized spacial score (nSPS) is 17.1. The predicted octanol–water partition coefficient (Wildman–Crippen LogP) is 3.33. The molecule has 0 radical (unpaired) electrons. The highest BCUT2D eigenvalue weighted by Crippen LogP contribution is 2.43. The molecule has 0 amide bonds. The Balaban J connectivity index is 1.12. The number of aliphatic imine (C=N–C) groups is 3. The van der Waals surface area contributed by atoms with Crippen molar-refractivity contribution in [2.45, 2.75) is 12.2 Å². The van der Waals surface area contributed by atoms with Crippen LogP contribution in [-0.2, 0) is 0 Å². The summed E-state index contributed by atoms with van der Waals surface area (Å²) in [7, 11) is 0. The molecule has 12 nitrogen and oxygen atoms in total. The first kappa shape index (κ1) is 27.2. The third-order valence-electron chi connectivity index (χ3n) is 8.68. The number of rotatable bonds is 6. The van der Waals surface area contributed by atoms with Gasteiger partial charge in [0.05, 0.1) is 18.7 Å². The van der Waals surface area contributed by atoms with Crippen molar-refractivity contribution in [1.82, 2.24) is 39.0 Å². The van der Waals surface area contributed by atoms with Crippen molar-refractivity contribution in [1.29, 1.82) is 0 Å². The Bertz CT molecular complexity index is 2290. The first-order valence-corrected chi connectivity index (χ1v) is 16.8. The zero-order chi connectivity index (χ0) is 31.4. The van der Waals surface area contributed by atoms with E-state index in [-0.39, 0.29) is 12.2 Å². The Morgan fingerprint density at radius 2 is 1.11 bits per heavy atom. The van der Waals surface area contributed by atoms with Crippen LogP contribution in [-0.4, -0.2) is 76.4 Å². The molecule has 0 saturated heterocycles. The van der Waals surface area contributed by atoms with Crippen LogP contribution in [0.25, 0.3) is 33.7 Å². The van der Waals surface area contributed by atoms with Crippen LogP contribution in [0.3, 0.4) is 0 Å². The maximum atomic E-state index is 5.01. The first-order chi connectivity index (χ1) is 23.2. The van der Waals surface area contributed by atoms with Crippen molar-refractivity contribution in [3.63, 3.8) is 0 Å². The standard InChI is InChI=1S/C34H25N12P/c1-47(26-8-2-23(3-9-26)44-20-41-32-29(44)14-35-17-38-32,27-10-4-24(5-11-27)45-21-42-33-30(45)15-36-18-39-33)28-12-6-25(7-13-28)46-22-43-34-31(46)16-37-19-40-34/h2-22,29,32H,1H2. The summed E-state index contributed by atoms with van der Waals surface area (Å²) < 4.78 is 3.99. The van der Waals surface area contributed by atoms with Crippen LogP contribution in [0.4, 0.5) is 5.69 Å². The summed E-state index contributed by atoms with van der Waals surface area (Å²) in [4.78, 5) is 41.1. The Hall–Kier alpha value is -6.13. The van der Waals surface area contributed by atoms with Gasteiger partial charge in [0.15, 0.2) is 17.5 Å². The lowest BCUT2D eigenvalue weighted by Crippen LogP contribution is -2.38. The second-order valence-corrected chi connectivity index (χ2v) is 14.4. The molecule has 0 N–H and O–H groups in total. The molecule has 0 spiro atoms. The van der Waals surface area contributed by atoms with Gasteiger partial charge in [-0.1, -0.05) is 42.7 Å². The molecule has 0 bridgehead atoms. The molecule has 7 aromatic rings. The zero-order valence-corrected chi connectivity index (χ0v) is 25.7. The van der Waals surface area contributed by atoms with Crippen molar-refractivity contribution < 1.29 is 0 Å². The summed E-state index contributed by atoms with van der Waals surface area (Å²) in [6.07, 6.45) is 20.3. The van der Waals surface area contributed by atoms with Crippen LogP contribution in [0.1, 0.15) is 0 Å². The summed E-state index contributed by atoms with van der Waals surface area (Å²) in [5, 5.41) is 3.42. The fourth-order valence-electron chi connectivity index (χ4n) is 6.19. The molecule has 0 fully saturated rings. The van der Waals surface area contributed by atoms with E-state index in [9.17, 15) is 0 Å². The molecular weight excluding hydrogens is 607 g/mol. The van der Waals surface area contributed by atoms with Gasteiger partial charge in [-0.15, -0.1) is 0 Å². The highest BCUT2D eigenvalue weighted by atomic mass is 31.2. The average Bonchev–Trinajstić information content (AvgIpc) is 3.89. The van der Waals surface area contributed by atoms with Crippen LogP contribution < -0.4 is 20.8 Å². The molecule has 3 aromatic carbocycles. The molecular formula is C34H25N12P. The molecule has 9 rings (SSSR count). The molecule has 2 aliphatic heterocycles.